The Labute approximate surface area is 76.9 Å². The first-order chi connectivity index (χ1) is 6.24. The van der Waals surface area contributed by atoms with Crippen LogP contribution in [-0.2, 0) is 0 Å². The molecule has 0 spiro atoms. The van der Waals surface area contributed by atoms with Gasteiger partial charge in [0.05, 0.1) is 18.0 Å². The van der Waals surface area contributed by atoms with Gasteiger partial charge in [-0.3, -0.25) is 0 Å². The van der Waals surface area contributed by atoms with Crippen LogP contribution in [0.5, 0.6) is 0 Å². The van der Waals surface area contributed by atoms with E-state index in [1.807, 2.05) is 14.0 Å². The van der Waals surface area contributed by atoms with Crippen molar-refractivity contribution < 1.29 is 9.52 Å². The topological polar surface area (TPSA) is 57.4 Å². The summed E-state index contributed by atoms with van der Waals surface area (Å²) >= 11 is 0. The third kappa shape index (κ3) is 1.22. The lowest BCUT2D eigenvalue weighted by atomic mass is 10.0. The number of rotatable bonds is 1. The zero-order valence-electron chi connectivity index (χ0n) is 7.79. The van der Waals surface area contributed by atoms with Crippen LogP contribution in [0.2, 0.25) is 0 Å². The average Bonchev–Trinajstić information content (AvgIpc) is 2.50. The maximum Gasteiger partial charge on any atom is 0.157 e. The van der Waals surface area contributed by atoms with Gasteiger partial charge in [-0.05, 0) is 14.0 Å². The number of aryl methyl sites for hydroxylation is 1. The highest BCUT2D eigenvalue weighted by Crippen LogP contribution is 2.33. The van der Waals surface area contributed by atoms with E-state index >= 15 is 0 Å². The second-order valence-electron chi connectivity index (χ2n) is 3.38. The molecule has 0 aliphatic carbocycles. The van der Waals surface area contributed by atoms with Crippen LogP contribution in [-0.4, -0.2) is 24.7 Å². The standard InChI is InChI=1S/C9H14N2O2/c1-5-4-13-9-7(5)11-3-6(10-2)8(9)12/h4,6,8,10-12H,3H2,1-2H3. The highest BCUT2D eigenvalue weighted by Gasteiger charge is 2.30. The number of hydrogen-bond donors (Lipinski definition) is 3. The second-order valence-corrected chi connectivity index (χ2v) is 3.38. The third-order valence-electron chi connectivity index (χ3n) is 2.52. The molecule has 2 atom stereocenters. The van der Waals surface area contributed by atoms with Crippen LogP contribution < -0.4 is 10.6 Å². The quantitative estimate of drug-likeness (QED) is 0.596. The number of fused-ring (bicyclic) bond motifs is 1. The number of likely N-dealkylation sites (N-methyl/N-ethyl adjacent to an activating group) is 1. The highest BCUT2D eigenvalue weighted by molar-refractivity contribution is 5.56. The largest absolute Gasteiger partial charge is 0.464 e. The molecule has 3 N–H and O–H groups in total. The molecule has 0 aromatic carbocycles. The Bertz CT molecular complexity index is 309. The van der Waals surface area contributed by atoms with Gasteiger partial charge in [-0.1, -0.05) is 0 Å². The molecule has 13 heavy (non-hydrogen) atoms. The van der Waals surface area contributed by atoms with Crippen LogP contribution in [0.3, 0.4) is 0 Å². The summed E-state index contributed by atoms with van der Waals surface area (Å²) in [5.74, 6) is 0.642. The first-order valence-corrected chi connectivity index (χ1v) is 4.41. The highest BCUT2D eigenvalue weighted by atomic mass is 16.4. The van der Waals surface area contributed by atoms with Gasteiger partial charge < -0.3 is 20.2 Å². The molecule has 0 radical (unpaired) electrons. The lowest BCUT2D eigenvalue weighted by Crippen LogP contribution is -2.41. The molecule has 0 bridgehead atoms. The number of anilines is 1. The van der Waals surface area contributed by atoms with E-state index in [1.54, 1.807) is 6.26 Å². The lowest BCUT2D eigenvalue weighted by Gasteiger charge is -2.27. The van der Waals surface area contributed by atoms with Crippen molar-refractivity contribution in [3.8, 4) is 0 Å². The van der Waals surface area contributed by atoms with E-state index in [-0.39, 0.29) is 6.04 Å². The smallest absolute Gasteiger partial charge is 0.157 e. The van der Waals surface area contributed by atoms with E-state index < -0.39 is 6.10 Å². The molecule has 0 saturated heterocycles. The van der Waals surface area contributed by atoms with Crippen molar-refractivity contribution in [2.45, 2.75) is 19.1 Å². The summed E-state index contributed by atoms with van der Waals surface area (Å²) in [5, 5.41) is 16.1. The van der Waals surface area contributed by atoms with Crippen LogP contribution in [0, 0.1) is 6.92 Å². The molecule has 0 saturated carbocycles. The van der Waals surface area contributed by atoms with Crippen molar-refractivity contribution in [2.75, 3.05) is 18.9 Å². The average molecular weight is 182 g/mol. The van der Waals surface area contributed by atoms with Crippen molar-refractivity contribution in [1.29, 1.82) is 0 Å². The van der Waals surface area contributed by atoms with E-state index in [9.17, 15) is 5.11 Å². The van der Waals surface area contributed by atoms with E-state index in [0.29, 0.717) is 5.76 Å². The van der Waals surface area contributed by atoms with E-state index in [4.69, 9.17) is 4.42 Å². The summed E-state index contributed by atoms with van der Waals surface area (Å²) in [5.41, 5.74) is 1.99. The van der Waals surface area contributed by atoms with Crippen molar-refractivity contribution >= 4 is 5.69 Å². The van der Waals surface area contributed by atoms with Crippen molar-refractivity contribution in [3.63, 3.8) is 0 Å². The molecule has 2 heterocycles. The molecule has 0 amide bonds. The molecular formula is C9H14N2O2. The molecule has 1 aromatic heterocycles. The summed E-state index contributed by atoms with van der Waals surface area (Å²) in [6.45, 7) is 2.69. The van der Waals surface area contributed by atoms with E-state index in [2.05, 4.69) is 10.6 Å². The lowest BCUT2D eigenvalue weighted by molar-refractivity contribution is 0.109. The van der Waals surface area contributed by atoms with E-state index in [1.165, 1.54) is 0 Å². The minimum atomic E-state index is -0.546. The zero-order valence-corrected chi connectivity index (χ0v) is 7.79. The van der Waals surface area contributed by atoms with Crippen LogP contribution in [0.4, 0.5) is 5.69 Å². The molecule has 2 unspecified atom stereocenters. The molecule has 4 heteroatoms. The molecule has 0 fully saturated rings. The molecular weight excluding hydrogens is 168 g/mol. The van der Waals surface area contributed by atoms with Gasteiger partial charge in [0.2, 0.25) is 0 Å². The number of hydrogen-bond acceptors (Lipinski definition) is 4. The Balaban J connectivity index is 2.34. The predicted octanol–water partition coefficient (Wildman–Crippen LogP) is 0.635. The zero-order chi connectivity index (χ0) is 9.42. The van der Waals surface area contributed by atoms with Gasteiger partial charge in [0.25, 0.3) is 0 Å². The molecule has 72 valence electrons. The summed E-state index contributed by atoms with van der Waals surface area (Å²) in [7, 11) is 1.83. The maximum atomic E-state index is 9.84. The third-order valence-corrected chi connectivity index (χ3v) is 2.52. The van der Waals surface area contributed by atoms with Crippen LogP contribution in [0.15, 0.2) is 10.7 Å². The Morgan fingerprint density at radius 3 is 3.15 bits per heavy atom. The van der Waals surface area contributed by atoms with Crippen LogP contribution in [0.1, 0.15) is 17.4 Å². The van der Waals surface area contributed by atoms with Crippen LogP contribution in [0.25, 0.3) is 0 Å². The van der Waals surface area contributed by atoms with Crippen molar-refractivity contribution in [2.24, 2.45) is 0 Å². The SMILES string of the molecule is CNC1CNc2c(C)coc2C1O. The Hall–Kier alpha value is -1.00. The first-order valence-electron chi connectivity index (χ1n) is 4.41. The second kappa shape index (κ2) is 3.05. The first kappa shape index (κ1) is 8.59. The number of aliphatic hydroxyl groups is 1. The normalized spacial score (nSPS) is 26.7. The van der Waals surface area contributed by atoms with Crippen molar-refractivity contribution in [1.82, 2.24) is 5.32 Å². The summed E-state index contributed by atoms with van der Waals surface area (Å²) in [6, 6.07) is 0.0260. The number of furan rings is 1. The summed E-state index contributed by atoms with van der Waals surface area (Å²) < 4.78 is 5.28. The summed E-state index contributed by atoms with van der Waals surface area (Å²) in [4.78, 5) is 0. The summed E-state index contributed by atoms with van der Waals surface area (Å²) in [6.07, 6.45) is 1.12. The molecule has 1 aliphatic heterocycles. The Morgan fingerprint density at radius 2 is 2.46 bits per heavy atom. The Kier molecular flexibility index (Phi) is 2.01. The molecule has 4 nitrogen and oxygen atoms in total. The molecule has 1 aromatic rings. The van der Waals surface area contributed by atoms with Crippen molar-refractivity contribution in [3.05, 3.63) is 17.6 Å². The van der Waals surface area contributed by atoms with Gasteiger partial charge >= 0.3 is 0 Å². The predicted molar refractivity (Wildman–Crippen MR) is 49.7 cm³/mol. The van der Waals surface area contributed by atoms with E-state index in [0.717, 1.165) is 17.8 Å². The van der Waals surface area contributed by atoms with Gasteiger partial charge in [0.1, 0.15) is 6.10 Å². The minimum Gasteiger partial charge on any atom is -0.464 e. The van der Waals surface area contributed by atoms with Gasteiger partial charge in [-0.2, -0.15) is 0 Å². The number of aliphatic hydroxyl groups excluding tert-OH is 1. The fourth-order valence-electron chi connectivity index (χ4n) is 1.67. The van der Waals surface area contributed by atoms with Gasteiger partial charge in [0, 0.05) is 12.1 Å². The molecule has 1 aliphatic rings. The monoisotopic (exact) mass is 182 g/mol. The minimum absolute atomic E-state index is 0.0260. The maximum absolute atomic E-state index is 9.84. The van der Waals surface area contributed by atoms with Gasteiger partial charge in [-0.15, -0.1) is 0 Å². The van der Waals surface area contributed by atoms with Gasteiger partial charge in [-0.25, -0.2) is 0 Å². The van der Waals surface area contributed by atoms with Crippen LogP contribution >= 0.6 is 0 Å². The van der Waals surface area contributed by atoms with Gasteiger partial charge in [0.15, 0.2) is 5.76 Å². The Morgan fingerprint density at radius 1 is 1.69 bits per heavy atom. The fraction of sp³-hybridized carbons (Fsp3) is 0.556. The fourth-order valence-corrected chi connectivity index (χ4v) is 1.67. The number of nitrogens with one attached hydrogen (secondary N) is 2. The molecule has 2 rings (SSSR count).